The summed E-state index contributed by atoms with van der Waals surface area (Å²) in [5.74, 6) is -2.19. The molecule has 1 aromatic carbocycles. The molecule has 0 fully saturated rings. The number of nitrogens with zero attached hydrogens (tertiary/aromatic N) is 1. The van der Waals surface area contributed by atoms with Crippen molar-refractivity contribution >= 4 is 23.3 Å². The van der Waals surface area contributed by atoms with Gasteiger partial charge in [0, 0.05) is 11.6 Å². The van der Waals surface area contributed by atoms with Gasteiger partial charge in [0.15, 0.2) is 0 Å². The minimum absolute atomic E-state index is 0.0159. The van der Waals surface area contributed by atoms with Crippen LogP contribution in [-0.4, -0.2) is 27.9 Å². The van der Waals surface area contributed by atoms with Crippen LogP contribution in [-0.2, 0) is 4.79 Å². The van der Waals surface area contributed by atoms with Gasteiger partial charge in [0.1, 0.15) is 11.7 Å². The molecule has 1 atom stereocenters. The summed E-state index contributed by atoms with van der Waals surface area (Å²) in [6.45, 7) is 3.29. The Morgan fingerprint density at radius 1 is 1.40 bits per heavy atom. The summed E-state index contributed by atoms with van der Waals surface area (Å²) in [6.07, 6.45) is 0. The van der Waals surface area contributed by atoms with Gasteiger partial charge < -0.3 is 16.2 Å². The lowest BCUT2D eigenvalue weighted by atomic mass is 10.0. The van der Waals surface area contributed by atoms with Crippen LogP contribution in [0.25, 0.3) is 0 Å². The van der Waals surface area contributed by atoms with E-state index in [0.29, 0.717) is 0 Å². The van der Waals surface area contributed by atoms with E-state index in [4.69, 9.17) is 10.8 Å². The number of carboxylic acid groups (broad SMARTS) is 1. The standard InChI is InChI=1S/C12H15N3O5/c1-6(2)10(12(17)18)14-11(16)7-3-4-8(13)9(5-7)15(19)20/h3-6,10H,13H2,1-2H3,(H,14,16)(H,17,18)/t10-/m0/s1. The van der Waals surface area contributed by atoms with E-state index in [2.05, 4.69) is 5.32 Å². The van der Waals surface area contributed by atoms with Crippen LogP contribution >= 0.6 is 0 Å². The van der Waals surface area contributed by atoms with E-state index in [-0.39, 0.29) is 17.2 Å². The number of nitrogen functional groups attached to an aromatic ring is 1. The Bertz CT molecular complexity index is 556. The number of rotatable bonds is 5. The van der Waals surface area contributed by atoms with Crippen LogP contribution in [0, 0.1) is 16.0 Å². The van der Waals surface area contributed by atoms with Crippen LogP contribution < -0.4 is 11.1 Å². The molecule has 108 valence electrons. The lowest BCUT2D eigenvalue weighted by molar-refractivity contribution is -0.383. The van der Waals surface area contributed by atoms with Crippen molar-refractivity contribution in [3.8, 4) is 0 Å². The van der Waals surface area contributed by atoms with E-state index in [1.807, 2.05) is 0 Å². The number of hydrogen-bond donors (Lipinski definition) is 3. The monoisotopic (exact) mass is 281 g/mol. The second-order valence-electron chi connectivity index (χ2n) is 4.56. The molecule has 20 heavy (non-hydrogen) atoms. The summed E-state index contributed by atoms with van der Waals surface area (Å²) in [5.41, 5.74) is 4.95. The maximum Gasteiger partial charge on any atom is 0.326 e. The lowest BCUT2D eigenvalue weighted by Gasteiger charge is -2.17. The molecule has 1 amide bonds. The highest BCUT2D eigenvalue weighted by molar-refractivity contribution is 5.97. The van der Waals surface area contributed by atoms with Crippen molar-refractivity contribution < 1.29 is 19.6 Å². The van der Waals surface area contributed by atoms with Gasteiger partial charge in [0.25, 0.3) is 11.6 Å². The molecule has 1 aromatic rings. The number of aliphatic carboxylic acids is 1. The predicted octanol–water partition coefficient (Wildman–Crippen LogP) is 1.02. The topological polar surface area (TPSA) is 136 Å². The zero-order chi connectivity index (χ0) is 15.4. The average molecular weight is 281 g/mol. The highest BCUT2D eigenvalue weighted by atomic mass is 16.6. The van der Waals surface area contributed by atoms with Gasteiger partial charge in [0.05, 0.1) is 4.92 Å². The van der Waals surface area contributed by atoms with Crippen LogP contribution in [0.2, 0.25) is 0 Å². The van der Waals surface area contributed by atoms with Gasteiger partial charge in [-0.2, -0.15) is 0 Å². The minimum atomic E-state index is -1.17. The Morgan fingerprint density at radius 2 is 2.00 bits per heavy atom. The van der Waals surface area contributed by atoms with Crippen LogP contribution in [0.1, 0.15) is 24.2 Å². The Kier molecular flexibility index (Phi) is 4.63. The molecule has 0 aliphatic carbocycles. The van der Waals surface area contributed by atoms with E-state index in [0.717, 1.165) is 6.07 Å². The van der Waals surface area contributed by atoms with E-state index in [9.17, 15) is 19.7 Å². The summed E-state index contributed by atoms with van der Waals surface area (Å²) in [4.78, 5) is 32.9. The first kappa shape index (κ1) is 15.4. The first-order chi connectivity index (χ1) is 9.23. The van der Waals surface area contributed by atoms with Crippen LogP contribution in [0.3, 0.4) is 0 Å². The summed E-state index contributed by atoms with van der Waals surface area (Å²) in [5, 5.41) is 22.0. The molecule has 8 heteroatoms. The number of nitro groups is 1. The average Bonchev–Trinajstić information content (AvgIpc) is 2.34. The van der Waals surface area contributed by atoms with Crippen molar-refractivity contribution in [1.82, 2.24) is 5.32 Å². The summed E-state index contributed by atoms with van der Waals surface area (Å²) in [6, 6.07) is 2.48. The summed E-state index contributed by atoms with van der Waals surface area (Å²) >= 11 is 0. The van der Waals surface area contributed by atoms with Crippen molar-refractivity contribution in [2.75, 3.05) is 5.73 Å². The molecule has 0 radical (unpaired) electrons. The van der Waals surface area contributed by atoms with Gasteiger partial charge in [-0.1, -0.05) is 13.8 Å². The number of nitro benzene ring substituents is 1. The highest BCUT2D eigenvalue weighted by Gasteiger charge is 2.25. The van der Waals surface area contributed by atoms with Gasteiger partial charge in [-0.15, -0.1) is 0 Å². The van der Waals surface area contributed by atoms with Gasteiger partial charge in [-0.25, -0.2) is 4.79 Å². The van der Waals surface area contributed by atoms with E-state index >= 15 is 0 Å². The maximum atomic E-state index is 11.9. The minimum Gasteiger partial charge on any atom is -0.480 e. The van der Waals surface area contributed by atoms with Crippen LogP contribution in [0.5, 0.6) is 0 Å². The number of nitrogens with one attached hydrogen (secondary N) is 1. The molecule has 0 aliphatic heterocycles. The Balaban J connectivity index is 3.01. The molecule has 0 saturated heterocycles. The first-order valence-corrected chi connectivity index (χ1v) is 5.81. The SMILES string of the molecule is CC(C)[C@H](NC(=O)c1ccc(N)c([N+](=O)[O-])c1)C(=O)O. The number of hydrogen-bond acceptors (Lipinski definition) is 5. The number of anilines is 1. The zero-order valence-corrected chi connectivity index (χ0v) is 11.0. The van der Waals surface area contributed by atoms with Gasteiger partial charge >= 0.3 is 5.97 Å². The Labute approximate surface area is 114 Å². The molecular formula is C12H15N3O5. The smallest absolute Gasteiger partial charge is 0.326 e. The summed E-state index contributed by atoms with van der Waals surface area (Å²) < 4.78 is 0. The van der Waals surface area contributed by atoms with Gasteiger partial charge in [0.2, 0.25) is 0 Å². The third-order valence-electron chi connectivity index (χ3n) is 2.71. The van der Waals surface area contributed by atoms with Crippen molar-refractivity contribution in [2.45, 2.75) is 19.9 Å². The molecule has 0 aliphatic rings. The number of benzene rings is 1. The first-order valence-electron chi connectivity index (χ1n) is 5.81. The number of carboxylic acids is 1. The predicted molar refractivity (Wildman–Crippen MR) is 71.2 cm³/mol. The number of carbonyl (C=O) groups excluding carboxylic acids is 1. The van der Waals surface area contributed by atoms with Crippen molar-refractivity contribution in [3.63, 3.8) is 0 Å². The third kappa shape index (κ3) is 3.44. The highest BCUT2D eigenvalue weighted by Crippen LogP contribution is 2.22. The molecule has 1 rings (SSSR count). The van der Waals surface area contributed by atoms with Crippen LogP contribution in [0.15, 0.2) is 18.2 Å². The molecular weight excluding hydrogens is 266 g/mol. The second kappa shape index (κ2) is 6.00. The van der Waals surface area contributed by atoms with Crippen molar-refractivity contribution in [2.24, 2.45) is 5.92 Å². The molecule has 0 spiro atoms. The largest absolute Gasteiger partial charge is 0.480 e. The van der Waals surface area contributed by atoms with Crippen LogP contribution in [0.4, 0.5) is 11.4 Å². The van der Waals surface area contributed by atoms with Gasteiger partial charge in [-0.3, -0.25) is 14.9 Å². The molecule has 0 unspecified atom stereocenters. The van der Waals surface area contributed by atoms with Crippen molar-refractivity contribution in [3.05, 3.63) is 33.9 Å². The molecule has 8 nitrogen and oxygen atoms in total. The fourth-order valence-electron chi connectivity index (χ4n) is 1.58. The molecule has 0 saturated carbocycles. The zero-order valence-electron chi connectivity index (χ0n) is 11.0. The quantitative estimate of drug-likeness (QED) is 0.418. The van der Waals surface area contributed by atoms with E-state index < -0.39 is 28.5 Å². The number of nitrogens with two attached hydrogens (primary N) is 1. The van der Waals surface area contributed by atoms with Gasteiger partial charge in [-0.05, 0) is 18.1 Å². The number of amides is 1. The lowest BCUT2D eigenvalue weighted by Crippen LogP contribution is -2.44. The van der Waals surface area contributed by atoms with Crippen molar-refractivity contribution in [1.29, 1.82) is 0 Å². The fraction of sp³-hybridized carbons (Fsp3) is 0.333. The Morgan fingerprint density at radius 3 is 2.45 bits per heavy atom. The maximum absolute atomic E-state index is 11.9. The molecule has 0 heterocycles. The van der Waals surface area contributed by atoms with E-state index in [1.54, 1.807) is 13.8 Å². The number of carbonyl (C=O) groups is 2. The molecule has 0 aromatic heterocycles. The third-order valence-corrected chi connectivity index (χ3v) is 2.71. The molecule has 4 N–H and O–H groups in total. The fourth-order valence-corrected chi connectivity index (χ4v) is 1.58. The summed E-state index contributed by atoms with van der Waals surface area (Å²) in [7, 11) is 0. The Hall–Kier alpha value is -2.64. The second-order valence-corrected chi connectivity index (χ2v) is 4.56. The molecule has 0 bridgehead atoms. The van der Waals surface area contributed by atoms with E-state index in [1.165, 1.54) is 12.1 Å². The normalized spacial score (nSPS) is 11.9.